The molecule has 5 rings (SSSR count). The molecule has 2 N–H and O–H groups in total. The van der Waals surface area contributed by atoms with Crippen LogP contribution in [0.1, 0.15) is 39.7 Å². The third-order valence-corrected chi connectivity index (χ3v) is 8.84. The molecule has 0 radical (unpaired) electrons. The van der Waals surface area contributed by atoms with Crippen molar-refractivity contribution in [2.24, 2.45) is 5.41 Å². The van der Waals surface area contributed by atoms with Crippen LogP contribution in [0.2, 0.25) is 0 Å². The number of aromatic nitrogens is 5. The van der Waals surface area contributed by atoms with E-state index >= 15 is 8.78 Å². The second kappa shape index (κ2) is 13.7. The molecule has 4 aromatic rings. The average molecular weight is 726 g/mol. The molecule has 12 nitrogen and oxygen atoms in total. The smallest absolute Gasteiger partial charge is 0.397 e. The molecule has 18 heteroatoms. The zero-order valence-electron chi connectivity index (χ0n) is 27.6. The number of sulfonamides is 1. The molecule has 0 fully saturated rings. The highest BCUT2D eigenvalue weighted by Crippen LogP contribution is 2.39. The Bertz CT molecular complexity index is 1930. The van der Waals surface area contributed by atoms with Gasteiger partial charge in [-0.05, 0) is 46.2 Å². The van der Waals surface area contributed by atoms with Gasteiger partial charge in [-0.1, -0.05) is 30.3 Å². The molecular weight excluding hydrogens is 689 g/mol. The van der Waals surface area contributed by atoms with Crippen molar-refractivity contribution >= 4 is 21.7 Å². The van der Waals surface area contributed by atoms with Gasteiger partial charge in [0.05, 0.1) is 17.2 Å². The summed E-state index contributed by atoms with van der Waals surface area (Å²) in [5, 5.41) is 14.3. The Morgan fingerprint density at radius 1 is 1.04 bits per heavy atom. The topological polar surface area (TPSA) is 145 Å². The van der Waals surface area contributed by atoms with E-state index in [1.165, 1.54) is 48.7 Å². The number of halogens is 5. The van der Waals surface area contributed by atoms with Crippen LogP contribution in [0.3, 0.4) is 0 Å². The number of alkyl halides is 5. The molecule has 0 atom stereocenters. The standard InChI is InChI=1S/C32H36F5N7O5S/c1-29(2,32(35,36)37)19-49-25-13-15-44(41-25)28-27-21-9-5-6-10-22(21)31(33,34)20-48-16-8-14-43(18-30(3,4)45)24-11-7-12-26(40-24)50(46,47)42-23(39-27)17-38-28/h5-7,9-13,15,17,45H,8,14,16,18-20H2,1-4H3,(H,39,42). The lowest BCUT2D eigenvalue weighted by molar-refractivity contribution is -0.219. The van der Waals surface area contributed by atoms with E-state index in [1.54, 1.807) is 24.8 Å². The number of hydrogen-bond donors (Lipinski definition) is 2. The molecule has 270 valence electrons. The van der Waals surface area contributed by atoms with Gasteiger partial charge in [0.15, 0.2) is 16.7 Å². The molecule has 3 aromatic heterocycles. The minimum absolute atomic E-state index is 0.0526. The van der Waals surface area contributed by atoms with Gasteiger partial charge in [-0.25, -0.2) is 19.6 Å². The summed E-state index contributed by atoms with van der Waals surface area (Å²) in [6.45, 7) is 3.47. The van der Waals surface area contributed by atoms with Crippen molar-refractivity contribution in [3.05, 3.63) is 66.5 Å². The lowest BCUT2D eigenvalue weighted by Crippen LogP contribution is -2.40. The zero-order chi connectivity index (χ0) is 36.5. The highest BCUT2D eigenvalue weighted by Gasteiger charge is 2.48. The summed E-state index contributed by atoms with van der Waals surface area (Å²) >= 11 is 0. The number of hydrogen-bond acceptors (Lipinski definition) is 10. The van der Waals surface area contributed by atoms with Crippen LogP contribution in [0.15, 0.2) is 66.0 Å². The fourth-order valence-electron chi connectivity index (χ4n) is 4.92. The molecule has 0 amide bonds. The predicted molar refractivity (Wildman–Crippen MR) is 173 cm³/mol. The second-order valence-electron chi connectivity index (χ2n) is 13.0. The molecule has 0 spiro atoms. The number of aliphatic hydroxyl groups is 1. The maximum absolute atomic E-state index is 15.9. The summed E-state index contributed by atoms with van der Waals surface area (Å²) in [6.07, 6.45) is -1.99. The van der Waals surface area contributed by atoms with Crippen LogP contribution in [0.25, 0.3) is 17.1 Å². The van der Waals surface area contributed by atoms with Crippen LogP contribution in [0, 0.1) is 5.41 Å². The van der Waals surface area contributed by atoms with Gasteiger partial charge in [-0.15, -0.1) is 5.10 Å². The quantitative estimate of drug-likeness (QED) is 0.242. The van der Waals surface area contributed by atoms with Crippen molar-refractivity contribution < 1.29 is 45.0 Å². The van der Waals surface area contributed by atoms with Crippen molar-refractivity contribution in [3.8, 4) is 23.0 Å². The molecular formula is C32H36F5N7O5S. The zero-order valence-corrected chi connectivity index (χ0v) is 28.4. The normalized spacial score (nSPS) is 17.0. The van der Waals surface area contributed by atoms with Gasteiger partial charge in [-0.3, -0.25) is 4.72 Å². The maximum Gasteiger partial charge on any atom is 0.397 e. The Morgan fingerprint density at radius 2 is 1.78 bits per heavy atom. The number of benzene rings is 1. The molecule has 50 heavy (non-hydrogen) atoms. The summed E-state index contributed by atoms with van der Waals surface area (Å²) in [4.78, 5) is 14.6. The van der Waals surface area contributed by atoms with E-state index in [4.69, 9.17) is 9.47 Å². The van der Waals surface area contributed by atoms with Crippen LogP contribution >= 0.6 is 0 Å². The molecule has 1 aromatic carbocycles. The number of ether oxygens (including phenoxy) is 2. The molecule has 0 aliphatic carbocycles. The van der Waals surface area contributed by atoms with Gasteiger partial charge in [0, 0.05) is 43.1 Å². The van der Waals surface area contributed by atoms with E-state index in [1.807, 2.05) is 0 Å². The number of nitrogens with zero attached hydrogens (tertiary/aromatic N) is 6. The molecule has 0 saturated heterocycles. The molecule has 0 saturated carbocycles. The molecule has 4 bridgehead atoms. The fourth-order valence-corrected chi connectivity index (χ4v) is 5.87. The monoisotopic (exact) mass is 725 g/mol. The third kappa shape index (κ3) is 8.47. The Labute approximate surface area is 285 Å². The van der Waals surface area contributed by atoms with Crippen molar-refractivity contribution in [1.29, 1.82) is 0 Å². The summed E-state index contributed by atoms with van der Waals surface area (Å²) in [7, 11) is -4.43. The van der Waals surface area contributed by atoms with Crippen molar-refractivity contribution in [2.45, 2.75) is 56.8 Å². The highest BCUT2D eigenvalue weighted by atomic mass is 32.2. The highest BCUT2D eigenvalue weighted by molar-refractivity contribution is 7.92. The lowest BCUT2D eigenvalue weighted by Gasteiger charge is -2.30. The van der Waals surface area contributed by atoms with Crippen LogP contribution in [-0.2, 0) is 20.7 Å². The fraction of sp³-hybridized carbons (Fsp3) is 0.438. The molecule has 1 aliphatic rings. The molecule has 1 aliphatic heterocycles. The van der Waals surface area contributed by atoms with Crippen LogP contribution in [-0.4, -0.2) is 82.9 Å². The summed E-state index contributed by atoms with van der Waals surface area (Å²) < 4.78 is 113. The molecule has 4 heterocycles. The predicted octanol–water partition coefficient (Wildman–Crippen LogP) is 5.58. The first-order valence-electron chi connectivity index (χ1n) is 15.4. The largest absolute Gasteiger partial charge is 0.476 e. The van der Waals surface area contributed by atoms with E-state index in [9.17, 15) is 26.7 Å². The minimum atomic E-state index is -4.56. The van der Waals surface area contributed by atoms with Crippen molar-refractivity contribution in [2.75, 3.05) is 42.5 Å². The van der Waals surface area contributed by atoms with Crippen molar-refractivity contribution in [3.63, 3.8) is 0 Å². The first kappa shape index (κ1) is 36.9. The van der Waals surface area contributed by atoms with E-state index < -0.39 is 51.9 Å². The Kier molecular flexibility index (Phi) is 10.1. The lowest BCUT2D eigenvalue weighted by atomic mass is 9.94. The Morgan fingerprint density at radius 3 is 2.50 bits per heavy atom. The maximum atomic E-state index is 15.9. The van der Waals surface area contributed by atoms with Gasteiger partial charge in [0.2, 0.25) is 5.88 Å². The van der Waals surface area contributed by atoms with Gasteiger partial charge in [0.1, 0.15) is 24.7 Å². The number of β-amino-alcohol motifs (C(OH)–C–C–N with tert-alkyl or cyclic N) is 1. The van der Waals surface area contributed by atoms with E-state index in [2.05, 4.69) is 24.8 Å². The Balaban J connectivity index is 1.60. The Hall–Kier alpha value is -4.42. The average Bonchev–Trinajstić information content (AvgIpc) is 3.50. The summed E-state index contributed by atoms with van der Waals surface area (Å²) in [5.74, 6) is -4.06. The van der Waals surface area contributed by atoms with Gasteiger partial charge < -0.3 is 19.5 Å². The van der Waals surface area contributed by atoms with Gasteiger partial charge in [0.25, 0.3) is 15.9 Å². The minimum Gasteiger partial charge on any atom is -0.476 e. The van der Waals surface area contributed by atoms with E-state index in [0.717, 1.165) is 24.7 Å². The van der Waals surface area contributed by atoms with Gasteiger partial charge in [-0.2, -0.15) is 30.4 Å². The van der Waals surface area contributed by atoms with Crippen LogP contribution < -0.4 is 14.4 Å². The molecule has 0 unspecified atom stereocenters. The number of anilines is 2. The SMILES string of the molecule is CC(C)(O)CN1CCCOCC(F)(F)c2ccccc2-c2nc(cnc2-n2ccc(OCC(C)(C)C(F)(F)F)n2)NS(=O)(=O)c2cccc1n2. The van der Waals surface area contributed by atoms with E-state index in [-0.39, 0.29) is 65.7 Å². The number of nitrogens with one attached hydrogen (secondary N) is 1. The first-order valence-corrected chi connectivity index (χ1v) is 16.9. The number of rotatable bonds is 6. The number of pyridine rings is 1. The second-order valence-corrected chi connectivity index (χ2v) is 14.7. The van der Waals surface area contributed by atoms with Gasteiger partial charge >= 0.3 is 6.18 Å². The summed E-state index contributed by atoms with van der Waals surface area (Å²) in [5.41, 5.74) is -4.28. The number of fused-ring (bicyclic) bond motifs is 6. The van der Waals surface area contributed by atoms with Crippen molar-refractivity contribution in [1.82, 2.24) is 24.7 Å². The van der Waals surface area contributed by atoms with E-state index in [0.29, 0.717) is 0 Å². The summed E-state index contributed by atoms with van der Waals surface area (Å²) in [6, 6.07) is 10.9. The third-order valence-electron chi connectivity index (χ3n) is 7.58. The van der Waals surface area contributed by atoms with Crippen LogP contribution in [0.5, 0.6) is 5.88 Å². The first-order chi connectivity index (χ1) is 23.3. The van der Waals surface area contributed by atoms with Crippen LogP contribution in [0.4, 0.5) is 33.6 Å².